The van der Waals surface area contributed by atoms with Crippen LogP contribution in [-0.4, -0.2) is 50.0 Å². The van der Waals surface area contributed by atoms with E-state index in [0.717, 1.165) is 50.5 Å². The van der Waals surface area contributed by atoms with Crippen molar-refractivity contribution >= 4 is 29.9 Å². The van der Waals surface area contributed by atoms with Crippen LogP contribution >= 0.6 is 24.0 Å². The molecular formula is C18H30IN3O3. The van der Waals surface area contributed by atoms with E-state index in [-0.39, 0.29) is 35.3 Å². The fourth-order valence-electron chi connectivity index (χ4n) is 2.75. The zero-order valence-corrected chi connectivity index (χ0v) is 17.6. The second-order valence-electron chi connectivity index (χ2n) is 6.28. The number of phenols is 1. The number of hydrogen-bond acceptors (Lipinski definition) is 4. The number of aliphatic imine (C=N–C) groups is 1. The maximum absolute atomic E-state index is 9.64. The molecule has 1 unspecified atom stereocenters. The molecule has 1 heterocycles. The molecule has 1 saturated heterocycles. The Morgan fingerprint density at radius 3 is 2.84 bits per heavy atom. The normalized spacial score (nSPS) is 20.0. The predicted octanol–water partition coefficient (Wildman–Crippen LogP) is 2.69. The second-order valence-corrected chi connectivity index (χ2v) is 6.28. The van der Waals surface area contributed by atoms with E-state index in [1.165, 1.54) is 0 Å². The first-order chi connectivity index (χ1) is 11.6. The number of halogens is 1. The minimum absolute atomic E-state index is 0. The van der Waals surface area contributed by atoms with Gasteiger partial charge in [-0.05, 0) is 50.8 Å². The zero-order valence-electron chi connectivity index (χ0n) is 15.3. The molecule has 1 aliphatic heterocycles. The van der Waals surface area contributed by atoms with Crippen LogP contribution in [0.3, 0.4) is 0 Å². The number of methoxy groups -OCH3 is 1. The molecule has 6 nitrogen and oxygen atoms in total. The molecule has 1 aromatic rings. The maximum atomic E-state index is 9.64. The van der Waals surface area contributed by atoms with E-state index >= 15 is 0 Å². The van der Waals surface area contributed by atoms with E-state index in [2.05, 4.69) is 29.5 Å². The van der Waals surface area contributed by atoms with Crippen LogP contribution < -0.4 is 15.4 Å². The van der Waals surface area contributed by atoms with E-state index in [1.807, 2.05) is 12.1 Å². The van der Waals surface area contributed by atoms with Crippen molar-refractivity contribution in [3.05, 3.63) is 23.8 Å². The minimum atomic E-state index is -0.132. The van der Waals surface area contributed by atoms with Crippen LogP contribution in [0.4, 0.5) is 0 Å². The average Bonchev–Trinajstić information content (AvgIpc) is 3.01. The number of rotatable bonds is 7. The summed E-state index contributed by atoms with van der Waals surface area (Å²) in [5.41, 5.74) is 0.964. The lowest BCUT2D eigenvalue weighted by Crippen LogP contribution is -2.40. The first-order valence-corrected chi connectivity index (χ1v) is 8.58. The number of aromatic hydroxyl groups is 1. The quantitative estimate of drug-likeness (QED) is 0.330. The van der Waals surface area contributed by atoms with Crippen molar-refractivity contribution in [2.45, 2.75) is 38.7 Å². The molecule has 0 aliphatic carbocycles. The maximum Gasteiger partial charge on any atom is 0.191 e. The van der Waals surface area contributed by atoms with Crippen molar-refractivity contribution < 1.29 is 14.6 Å². The lowest BCUT2D eigenvalue weighted by Gasteiger charge is -2.21. The predicted molar refractivity (Wildman–Crippen MR) is 111 cm³/mol. The van der Waals surface area contributed by atoms with Crippen LogP contribution in [0.1, 0.15) is 32.3 Å². The Morgan fingerprint density at radius 1 is 1.40 bits per heavy atom. The van der Waals surface area contributed by atoms with E-state index in [9.17, 15) is 5.11 Å². The highest BCUT2D eigenvalue weighted by Crippen LogP contribution is 2.26. The number of hydrogen-bond donors (Lipinski definition) is 3. The molecule has 1 aromatic carbocycles. The molecule has 3 N–H and O–H groups in total. The first kappa shape index (κ1) is 21.8. The van der Waals surface area contributed by atoms with Gasteiger partial charge in [0.05, 0.1) is 19.3 Å². The first-order valence-electron chi connectivity index (χ1n) is 8.58. The highest BCUT2D eigenvalue weighted by Gasteiger charge is 2.29. The van der Waals surface area contributed by atoms with Gasteiger partial charge >= 0.3 is 0 Å². The smallest absolute Gasteiger partial charge is 0.191 e. The van der Waals surface area contributed by atoms with Crippen LogP contribution in [0.5, 0.6) is 11.5 Å². The molecule has 0 radical (unpaired) electrons. The summed E-state index contributed by atoms with van der Waals surface area (Å²) in [7, 11) is 1.55. The summed E-state index contributed by atoms with van der Waals surface area (Å²) in [6.07, 6.45) is 2.98. The Hall–Kier alpha value is -1.22. The molecule has 1 fully saturated rings. The molecule has 1 aliphatic rings. The molecule has 0 spiro atoms. The molecular weight excluding hydrogens is 433 g/mol. The average molecular weight is 463 g/mol. The van der Waals surface area contributed by atoms with Gasteiger partial charge in [0, 0.05) is 19.7 Å². The number of nitrogens with zero attached hydrogens (tertiary/aromatic N) is 1. The number of ether oxygens (including phenoxy) is 2. The molecule has 0 amide bonds. The zero-order chi connectivity index (χ0) is 17.4. The Kier molecular flexibility index (Phi) is 9.34. The fraction of sp³-hybridized carbons (Fsp3) is 0.611. The van der Waals surface area contributed by atoms with Crippen LogP contribution in [-0.2, 0) is 11.2 Å². The summed E-state index contributed by atoms with van der Waals surface area (Å²) < 4.78 is 10.9. The van der Waals surface area contributed by atoms with E-state index in [1.54, 1.807) is 13.2 Å². The topological polar surface area (TPSA) is 75.1 Å². The van der Waals surface area contributed by atoms with Gasteiger partial charge in [0.15, 0.2) is 17.5 Å². The van der Waals surface area contributed by atoms with Gasteiger partial charge in [-0.15, -0.1) is 24.0 Å². The molecule has 0 aromatic heterocycles. The summed E-state index contributed by atoms with van der Waals surface area (Å²) in [5.74, 6) is 1.47. The van der Waals surface area contributed by atoms with Gasteiger partial charge in [0.1, 0.15) is 0 Å². The Balaban J connectivity index is 0.00000312. The summed E-state index contributed by atoms with van der Waals surface area (Å²) >= 11 is 0. The third-order valence-electron chi connectivity index (χ3n) is 4.17. The summed E-state index contributed by atoms with van der Waals surface area (Å²) in [6, 6.07) is 5.41. The van der Waals surface area contributed by atoms with Gasteiger partial charge < -0.3 is 25.2 Å². The van der Waals surface area contributed by atoms with Crippen molar-refractivity contribution in [2.24, 2.45) is 4.99 Å². The molecule has 25 heavy (non-hydrogen) atoms. The van der Waals surface area contributed by atoms with E-state index < -0.39 is 0 Å². The SMILES string of the molecule is CCNC(=NCC1(C)CCCO1)NCCc1ccc(O)c(OC)c1.I. The van der Waals surface area contributed by atoms with Crippen LogP contribution in [0, 0.1) is 0 Å². The number of phenolic OH excluding ortho intramolecular Hbond substituents is 1. The summed E-state index contributed by atoms with van der Waals surface area (Å²) in [6.45, 7) is 7.23. The molecule has 2 rings (SSSR count). The van der Waals surface area contributed by atoms with Gasteiger partial charge in [-0.25, -0.2) is 0 Å². The van der Waals surface area contributed by atoms with Gasteiger partial charge in [-0.1, -0.05) is 6.07 Å². The fourth-order valence-corrected chi connectivity index (χ4v) is 2.75. The van der Waals surface area contributed by atoms with Gasteiger partial charge in [-0.3, -0.25) is 4.99 Å². The molecule has 7 heteroatoms. The summed E-state index contributed by atoms with van der Waals surface area (Å²) in [4.78, 5) is 4.65. The largest absolute Gasteiger partial charge is 0.504 e. The van der Waals surface area contributed by atoms with E-state index in [4.69, 9.17) is 9.47 Å². The van der Waals surface area contributed by atoms with Gasteiger partial charge in [0.25, 0.3) is 0 Å². The van der Waals surface area contributed by atoms with Crippen molar-refractivity contribution in [3.63, 3.8) is 0 Å². The van der Waals surface area contributed by atoms with Crippen LogP contribution in [0.15, 0.2) is 23.2 Å². The minimum Gasteiger partial charge on any atom is -0.504 e. The molecule has 0 bridgehead atoms. The highest BCUT2D eigenvalue weighted by molar-refractivity contribution is 14.0. The number of benzene rings is 1. The lowest BCUT2D eigenvalue weighted by atomic mass is 10.0. The summed E-state index contributed by atoms with van der Waals surface area (Å²) in [5, 5.41) is 16.2. The highest BCUT2D eigenvalue weighted by atomic mass is 127. The molecule has 0 saturated carbocycles. The lowest BCUT2D eigenvalue weighted by molar-refractivity contribution is 0.0283. The van der Waals surface area contributed by atoms with Gasteiger partial charge in [0.2, 0.25) is 0 Å². The number of guanidine groups is 1. The molecule has 1 atom stereocenters. The van der Waals surface area contributed by atoms with Crippen molar-refractivity contribution in [1.29, 1.82) is 0 Å². The van der Waals surface area contributed by atoms with E-state index in [0.29, 0.717) is 12.3 Å². The Labute approximate surface area is 167 Å². The van der Waals surface area contributed by atoms with Crippen LogP contribution in [0.2, 0.25) is 0 Å². The third-order valence-corrected chi connectivity index (χ3v) is 4.17. The van der Waals surface area contributed by atoms with Crippen molar-refractivity contribution in [3.8, 4) is 11.5 Å². The third kappa shape index (κ3) is 6.89. The van der Waals surface area contributed by atoms with Crippen molar-refractivity contribution in [1.82, 2.24) is 10.6 Å². The monoisotopic (exact) mass is 463 g/mol. The van der Waals surface area contributed by atoms with Crippen molar-refractivity contribution in [2.75, 3.05) is 33.4 Å². The molecule has 142 valence electrons. The van der Waals surface area contributed by atoms with Crippen LogP contribution in [0.25, 0.3) is 0 Å². The van der Waals surface area contributed by atoms with Gasteiger partial charge in [-0.2, -0.15) is 0 Å². The Morgan fingerprint density at radius 2 is 2.20 bits per heavy atom. The standard InChI is InChI=1S/C18H29N3O3.HI/c1-4-19-17(21-13-18(2)9-5-11-24-18)20-10-8-14-6-7-15(22)16(12-14)23-3;/h6-7,12,22H,4-5,8-11,13H2,1-3H3,(H2,19,20,21);1H. The second kappa shape index (κ2) is 10.7. The Bertz CT molecular complexity index is 560. The number of nitrogens with one attached hydrogen (secondary N) is 2.